The Morgan fingerprint density at radius 2 is 2.20 bits per heavy atom. The zero-order valence-electron chi connectivity index (χ0n) is 19.5. The maximum Gasteiger partial charge on any atom is 0.266 e. The van der Waals surface area contributed by atoms with Crippen molar-refractivity contribution in [3.8, 4) is 0 Å². The van der Waals surface area contributed by atoms with Crippen LogP contribution in [0.2, 0.25) is 0 Å². The second-order valence-corrected chi connectivity index (χ2v) is 10.3. The number of rotatable bonds is 8. The second-order valence-electron chi connectivity index (χ2n) is 8.67. The Kier molecular flexibility index (Phi) is 7.08. The monoisotopic (exact) mass is 509 g/mol. The number of amides is 2. The van der Waals surface area contributed by atoms with Gasteiger partial charge >= 0.3 is 0 Å². The third-order valence-electron chi connectivity index (χ3n) is 6.31. The number of carbonyl (C=O) groups is 2. The number of carbonyl (C=O) groups excluding carboxylic acids is 2. The smallest absolute Gasteiger partial charge is 0.266 e. The fourth-order valence-electron chi connectivity index (χ4n) is 4.57. The van der Waals surface area contributed by atoms with Crippen molar-refractivity contribution in [1.82, 2.24) is 14.8 Å². The minimum atomic E-state index is -0.141. The summed E-state index contributed by atoms with van der Waals surface area (Å²) >= 11 is 6.76. The van der Waals surface area contributed by atoms with Gasteiger partial charge in [0.25, 0.3) is 5.91 Å². The Balaban J connectivity index is 1.41. The van der Waals surface area contributed by atoms with Crippen LogP contribution in [-0.4, -0.2) is 44.9 Å². The number of hydrogen-bond acceptors (Lipinski definition) is 6. The van der Waals surface area contributed by atoms with Gasteiger partial charge in [0.15, 0.2) is 0 Å². The second kappa shape index (κ2) is 10.4. The van der Waals surface area contributed by atoms with E-state index in [0.717, 1.165) is 47.9 Å². The van der Waals surface area contributed by atoms with E-state index in [1.165, 1.54) is 11.8 Å². The summed E-state index contributed by atoms with van der Waals surface area (Å²) in [6, 6.07) is 9.74. The van der Waals surface area contributed by atoms with Crippen LogP contribution in [0.5, 0.6) is 0 Å². The molecule has 4 heterocycles. The van der Waals surface area contributed by atoms with E-state index in [4.69, 9.17) is 21.4 Å². The van der Waals surface area contributed by atoms with Crippen LogP contribution in [-0.2, 0) is 33.8 Å². The Hall–Kier alpha value is -2.88. The predicted octanol–water partition coefficient (Wildman–Crippen LogP) is 4.49. The predicted molar refractivity (Wildman–Crippen MR) is 141 cm³/mol. The number of para-hydroxylation sites is 1. The van der Waals surface area contributed by atoms with Gasteiger partial charge in [0.1, 0.15) is 16.6 Å². The molecule has 1 atom stereocenters. The van der Waals surface area contributed by atoms with Gasteiger partial charge in [0, 0.05) is 30.3 Å². The zero-order valence-corrected chi connectivity index (χ0v) is 21.1. The number of thioether (sulfide) groups is 1. The van der Waals surface area contributed by atoms with Gasteiger partial charge in [-0.3, -0.25) is 14.5 Å². The molecule has 0 unspecified atom stereocenters. The van der Waals surface area contributed by atoms with Crippen LogP contribution in [0.1, 0.15) is 36.7 Å². The molecule has 2 amide bonds. The van der Waals surface area contributed by atoms with Crippen LogP contribution in [0.25, 0.3) is 17.0 Å². The van der Waals surface area contributed by atoms with Gasteiger partial charge in [-0.2, -0.15) is 0 Å². The van der Waals surface area contributed by atoms with Gasteiger partial charge in [0.2, 0.25) is 5.91 Å². The molecule has 1 aromatic carbocycles. The first kappa shape index (κ1) is 23.8. The van der Waals surface area contributed by atoms with E-state index in [-0.39, 0.29) is 24.5 Å². The van der Waals surface area contributed by atoms with E-state index < -0.39 is 0 Å². The number of furan rings is 1. The Bertz CT molecular complexity index is 1290. The third-order valence-corrected chi connectivity index (χ3v) is 7.69. The first-order chi connectivity index (χ1) is 17.0. The van der Waals surface area contributed by atoms with Crippen LogP contribution in [0, 0.1) is 0 Å². The normalized spacial score (nSPS) is 19.4. The molecular weight excluding hydrogens is 482 g/mol. The molecule has 3 aromatic rings. The van der Waals surface area contributed by atoms with E-state index in [9.17, 15) is 9.59 Å². The highest BCUT2D eigenvalue weighted by Crippen LogP contribution is 2.36. The van der Waals surface area contributed by atoms with Gasteiger partial charge in [0.05, 0.1) is 29.3 Å². The fourth-order valence-corrected chi connectivity index (χ4v) is 5.82. The van der Waals surface area contributed by atoms with Crippen LogP contribution < -0.4 is 5.32 Å². The molecule has 35 heavy (non-hydrogen) atoms. The zero-order chi connectivity index (χ0) is 24.4. The topological polar surface area (TPSA) is 76.7 Å². The molecule has 7 nitrogen and oxygen atoms in total. The standard InChI is InChI=1S/C26H27N3O4S2/c1-2-17-6-3-9-21-18(12-22-25(31)29(26(34)35-22)15-20-8-5-11-33-20)14-28(24(17)21)16-23(30)27-13-19-7-4-10-32-19/h3,5-6,8-9,11-12,14,19H,2,4,7,10,13,15-16H2,1H3,(H,27,30)/b22-12-/t19-/m0/s1. The fraction of sp³-hybridized carbons (Fsp3) is 0.346. The van der Waals surface area contributed by atoms with E-state index in [0.29, 0.717) is 28.1 Å². The molecule has 2 aliphatic heterocycles. The molecule has 5 rings (SSSR count). The van der Waals surface area contributed by atoms with Gasteiger partial charge in [-0.25, -0.2) is 0 Å². The molecule has 2 saturated heterocycles. The average Bonchev–Trinajstić information content (AvgIpc) is 3.65. The van der Waals surface area contributed by atoms with Crippen LogP contribution in [0.3, 0.4) is 0 Å². The van der Waals surface area contributed by atoms with Crippen molar-refractivity contribution < 1.29 is 18.7 Å². The summed E-state index contributed by atoms with van der Waals surface area (Å²) in [6.07, 6.45) is 8.38. The lowest BCUT2D eigenvalue weighted by molar-refractivity contribution is -0.123. The van der Waals surface area contributed by atoms with Crippen molar-refractivity contribution in [2.45, 2.75) is 45.4 Å². The van der Waals surface area contributed by atoms with Crippen molar-refractivity contribution in [1.29, 1.82) is 0 Å². The summed E-state index contributed by atoms with van der Waals surface area (Å²) in [5, 5.41) is 4.01. The highest BCUT2D eigenvalue weighted by Gasteiger charge is 2.33. The third kappa shape index (κ3) is 5.07. The van der Waals surface area contributed by atoms with Gasteiger partial charge in [-0.15, -0.1) is 0 Å². The number of ether oxygens (including phenoxy) is 1. The number of aromatic nitrogens is 1. The highest BCUT2D eigenvalue weighted by atomic mass is 32.2. The number of nitrogens with zero attached hydrogens (tertiary/aromatic N) is 2. The van der Waals surface area contributed by atoms with Crippen molar-refractivity contribution >= 4 is 57.1 Å². The van der Waals surface area contributed by atoms with Crippen molar-refractivity contribution in [3.05, 3.63) is 64.6 Å². The molecule has 9 heteroatoms. The summed E-state index contributed by atoms with van der Waals surface area (Å²) in [6.45, 7) is 3.90. The molecule has 1 N–H and O–H groups in total. The largest absolute Gasteiger partial charge is 0.467 e. The lowest BCUT2D eigenvalue weighted by Gasteiger charge is -2.12. The quantitative estimate of drug-likeness (QED) is 0.356. The van der Waals surface area contributed by atoms with Crippen molar-refractivity contribution in [3.63, 3.8) is 0 Å². The molecule has 2 aromatic heterocycles. The van der Waals surface area contributed by atoms with Crippen LogP contribution >= 0.6 is 24.0 Å². The molecule has 2 fully saturated rings. The van der Waals surface area contributed by atoms with Crippen LogP contribution in [0.4, 0.5) is 0 Å². The van der Waals surface area contributed by atoms with Crippen molar-refractivity contribution in [2.75, 3.05) is 13.2 Å². The summed E-state index contributed by atoms with van der Waals surface area (Å²) in [5.74, 6) is 0.485. The SMILES string of the molecule is CCc1cccc2c(/C=C3\SC(=S)N(Cc4ccco4)C3=O)cn(CC(=O)NC[C@@H]3CCCO3)c12. The molecule has 0 aliphatic carbocycles. The first-order valence-electron chi connectivity index (χ1n) is 11.8. The molecule has 0 saturated carbocycles. The number of aryl methyl sites for hydroxylation is 1. The number of nitrogens with one attached hydrogen (secondary N) is 1. The van der Waals surface area contributed by atoms with E-state index in [1.807, 2.05) is 35.0 Å². The Morgan fingerprint density at radius 1 is 1.31 bits per heavy atom. The summed E-state index contributed by atoms with van der Waals surface area (Å²) in [4.78, 5) is 28.0. The lowest BCUT2D eigenvalue weighted by atomic mass is 10.1. The number of fused-ring (bicyclic) bond motifs is 1. The molecule has 2 aliphatic rings. The minimum Gasteiger partial charge on any atom is -0.467 e. The molecule has 0 radical (unpaired) electrons. The molecular formula is C26H27N3O4S2. The van der Waals surface area contributed by atoms with Gasteiger partial charge < -0.3 is 19.0 Å². The summed E-state index contributed by atoms with van der Waals surface area (Å²) in [5.41, 5.74) is 3.06. The average molecular weight is 510 g/mol. The minimum absolute atomic E-state index is 0.0559. The molecule has 0 spiro atoms. The van der Waals surface area contributed by atoms with Gasteiger partial charge in [-0.05, 0) is 43.0 Å². The number of thiocarbonyl (C=S) groups is 1. The molecule has 182 valence electrons. The van der Waals surface area contributed by atoms with Crippen molar-refractivity contribution in [2.24, 2.45) is 0 Å². The lowest BCUT2D eigenvalue weighted by Crippen LogP contribution is -2.34. The maximum atomic E-state index is 13.1. The maximum absolute atomic E-state index is 13.1. The Morgan fingerprint density at radius 3 is 2.94 bits per heavy atom. The van der Waals surface area contributed by atoms with E-state index >= 15 is 0 Å². The highest BCUT2D eigenvalue weighted by molar-refractivity contribution is 8.26. The summed E-state index contributed by atoms with van der Waals surface area (Å²) < 4.78 is 13.5. The van der Waals surface area contributed by atoms with E-state index in [1.54, 1.807) is 17.2 Å². The summed E-state index contributed by atoms with van der Waals surface area (Å²) in [7, 11) is 0. The first-order valence-corrected chi connectivity index (χ1v) is 13.0. The molecule has 0 bridgehead atoms. The van der Waals surface area contributed by atoms with Gasteiger partial charge in [-0.1, -0.05) is 49.1 Å². The van der Waals surface area contributed by atoms with E-state index in [2.05, 4.69) is 18.3 Å². The van der Waals surface area contributed by atoms with Crippen LogP contribution in [0.15, 0.2) is 52.1 Å². The number of benzene rings is 1. The Labute approximate surface area is 213 Å². The number of hydrogen-bond donors (Lipinski definition) is 1.